The molecule has 8 rings (SSSR count). The molecular weight excluding hydrogens is 849 g/mol. The Morgan fingerprint density at radius 2 is 1.01 bits per heavy atom. The molecule has 2 aromatic heterocycles. The van der Waals surface area contributed by atoms with Crippen LogP contribution in [0.1, 0.15) is 148 Å². The molecule has 4 aliphatic rings. The lowest BCUT2D eigenvalue weighted by atomic mass is 9.45. The summed E-state index contributed by atoms with van der Waals surface area (Å²) < 4.78 is 0. The maximum absolute atomic E-state index is 13.9. The van der Waals surface area contributed by atoms with Crippen molar-refractivity contribution in [2.24, 2.45) is 62.9 Å². The first-order valence-electron chi connectivity index (χ1n) is 23.7. The van der Waals surface area contributed by atoms with E-state index in [0.717, 1.165) is 44.9 Å². The summed E-state index contributed by atoms with van der Waals surface area (Å²) in [4.78, 5) is 58.3. The van der Waals surface area contributed by atoms with Crippen molar-refractivity contribution < 1.29 is 44.7 Å². The molecule has 0 spiro atoms. The second-order valence-corrected chi connectivity index (χ2v) is 21.6. The van der Waals surface area contributed by atoms with Gasteiger partial charge in [-0.05, 0) is 132 Å². The van der Waals surface area contributed by atoms with Crippen LogP contribution in [0.2, 0.25) is 0 Å². The largest absolute Gasteiger partial charge is 0.508 e. The predicted molar refractivity (Wildman–Crippen MR) is 256 cm³/mol. The number of carbonyl (C=O) groups is 4. The number of phenolic OH excluding ortho intramolecular Hbond substituents is 4. The number of aromatic nitrogens is 2. The molecule has 10 atom stereocenters. The molecule has 8 N–H and O–H groups in total. The summed E-state index contributed by atoms with van der Waals surface area (Å²) in [7, 11) is 0. The monoisotopic (exact) mass is 919 g/mol. The average Bonchev–Trinajstić information content (AvgIpc) is 3.25. The molecule has 2 aromatic carbocycles. The molecule has 0 aliphatic heterocycles. The second kappa shape index (κ2) is 19.8. The molecule has 4 fully saturated rings. The third-order valence-electron chi connectivity index (χ3n) is 16.4. The quantitative estimate of drug-likeness (QED) is 0.0859. The number of hydrogen-bond acceptors (Lipinski definition) is 11. The first-order chi connectivity index (χ1) is 31.4. The van der Waals surface area contributed by atoms with Crippen LogP contribution in [0.3, 0.4) is 0 Å². The highest BCUT2D eigenvalue weighted by Crippen LogP contribution is 2.63. The van der Waals surface area contributed by atoms with Crippen molar-refractivity contribution in [3.8, 4) is 23.0 Å². The van der Waals surface area contributed by atoms with E-state index in [-0.39, 0.29) is 109 Å². The molecule has 4 saturated carbocycles. The summed E-state index contributed by atoms with van der Waals surface area (Å²) in [6.07, 6.45) is 11.2. The smallest absolute Gasteiger partial charge is 0.354 e. The van der Waals surface area contributed by atoms with Crippen molar-refractivity contribution in [3.05, 3.63) is 108 Å². The fraction of sp³-hybridized carbons (Fsp3) is 0.519. The number of nitrogens with zero attached hydrogens (tertiary/aromatic N) is 2. The number of aromatic carboxylic acids is 1. The second-order valence-electron chi connectivity index (χ2n) is 21.6. The number of nitrogens with one attached hydrogen (secondary N) is 1. The number of nitrogens with two attached hydrogens (primary N) is 1. The van der Waals surface area contributed by atoms with Crippen LogP contribution in [0.4, 0.5) is 0 Å². The molecule has 2 heterocycles. The van der Waals surface area contributed by atoms with Crippen LogP contribution in [-0.4, -0.2) is 71.0 Å². The van der Waals surface area contributed by atoms with Gasteiger partial charge in [-0.3, -0.25) is 19.4 Å². The first-order valence-corrected chi connectivity index (χ1v) is 23.7. The topological polar surface area (TPSA) is 233 Å². The molecule has 13 heteroatoms. The number of benzene rings is 2. The van der Waals surface area contributed by atoms with Crippen molar-refractivity contribution in [3.63, 3.8) is 0 Å². The molecule has 4 aliphatic carbocycles. The van der Waals surface area contributed by atoms with E-state index in [1.807, 2.05) is 6.92 Å². The number of carboxylic acid groups (broad SMARTS) is 1. The number of carboxylic acids is 1. The summed E-state index contributed by atoms with van der Waals surface area (Å²) in [5.74, 6) is -1.69. The van der Waals surface area contributed by atoms with Gasteiger partial charge in [-0.2, -0.15) is 0 Å². The van der Waals surface area contributed by atoms with Crippen LogP contribution in [0, 0.1) is 57.2 Å². The molecule has 4 aromatic rings. The minimum absolute atomic E-state index is 0.000880. The fourth-order valence-corrected chi connectivity index (χ4v) is 13.2. The molecule has 360 valence electrons. The Hall–Kier alpha value is -5.82. The maximum Gasteiger partial charge on any atom is 0.354 e. The lowest BCUT2D eigenvalue weighted by Crippen LogP contribution is -2.60. The van der Waals surface area contributed by atoms with Crippen molar-refractivity contribution in [2.45, 2.75) is 119 Å². The van der Waals surface area contributed by atoms with Crippen molar-refractivity contribution in [2.75, 3.05) is 0 Å². The summed E-state index contributed by atoms with van der Waals surface area (Å²) in [6, 6.07) is 18.1. The van der Waals surface area contributed by atoms with Crippen LogP contribution < -0.4 is 11.1 Å². The normalized spacial score (nSPS) is 30.3. The highest BCUT2D eigenvalue weighted by molar-refractivity contribution is 6.00. The zero-order valence-corrected chi connectivity index (χ0v) is 40.2. The van der Waals surface area contributed by atoms with Gasteiger partial charge in [-0.1, -0.05) is 80.4 Å². The van der Waals surface area contributed by atoms with Crippen LogP contribution in [-0.2, 0) is 0 Å². The molecule has 0 radical (unpaired) electrons. The molecule has 0 saturated heterocycles. The van der Waals surface area contributed by atoms with Gasteiger partial charge in [0.25, 0.3) is 5.91 Å². The van der Waals surface area contributed by atoms with E-state index in [0.29, 0.717) is 22.7 Å². The number of pyridine rings is 2. The molecule has 1 amide bonds. The minimum Gasteiger partial charge on any atom is -0.508 e. The van der Waals surface area contributed by atoms with Gasteiger partial charge < -0.3 is 36.6 Å². The summed E-state index contributed by atoms with van der Waals surface area (Å²) >= 11 is 0. The fourth-order valence-electron chi connectivity index (χ4n) is 13.2. The summed E-state index contributed by atoms with van der Waals surface area (Å²) in [5.41, 5.74) is 7.47. The van der Waals surface area contributed by atoms with E-state index in [4.69, 9.17) is 10.8 Å². The van der Waals surface area contributed by atoms with Crippen LogP contribution in [0.5, 0.6) is 23.0 Å². The number of hydrogen-bond donors (Lipinski definition) is 7. The van der Waals surface area contributed by atoms with Crippen molar-refractivity contribution >= 4 is 23.4 Å². The van der Waals surface area contributed by atoms with Gasteiger partial charge in [0.05, 0.1) is 0 Å². The van der Waals surface area contributed by atoms with E-state index in [2.05, 4.69) is 63.8 Å². The first kappa shape index (κ1) is 50.6. The van der Waals surface area contributed by atoms with Gasteiger partial charge >= 0.3 is 5.97 Å². The van der Waals surface area contributed by atoms with E-state index in [9.17, 15) is 39.6 Å². The van der Waals surface area contributed by atoms with E-state index >= 15 is 0 Å². The Balaban J connectivity index is 0.000000191. The van der Waals surface area contributed by atoms with Gasteiger partial charge in [0.2, 0.25) is 0 Å². The molecule has 67 heavy (non-hydrogen) atoms. The Bertz CT molecular complexity index is 2390. The van der Waals surface area contributed by atoms with Crippen LogP contribution >= 0.6 is 0 Å². The highest BCUT2D eigenvalue weighted by Gasteiger charge is 2.60. The maximum atomic E-state index is 13.9. The molecular formula is C54H70N4O9. The van der Waals surface area contributed by atoms with Crippen LogP contribution in [0.15, 0.2) is 85.2 Å². The Morgan fingerprint density at radius 1 is 0.597 bits per heavy atom. The number of ketones is 2. The number of fused-ring (bicyclic) bond motifs is 2. The van der Waals surface area contributed by atoms with E-state index in [1.165, 1.54) is 55.1 Å². The van der Waals surface area contributed by atoms with Gasteiger partial charge in [0.15, 0.2) is 11.6 Å². The average molecular weight is 919 g/mol. The number of rotatable bonds is 7. The Morgan fingerprint density at radius 3 is 1.42 bits per heavy atom. The lowest BCUT2D eigenvalue weighted by molar-refractivity contribution is -0.0902. The third-order valence-corrected chi connectivity index (χ3v) is 16.4. The molecule has 0 bridgehead atoms. The molecule has 0 unspecified atom stereocenters. The predicted octanol–water partition coefficient (Wildman–Crippen LogP) is 9.84. The Kier molecular flexibility index (Phi) is 14.9. The van der Waals surface area contributed by atoms with Gasteiger partial charge in [-0.15, -0.1) is 0 Å². The number of phenols is 4. The lowest BCUT2D eigenvalue weighted by Gasteiger charge is -2.60. The summed E-state index contributed by atoms with van der Waals surface area (Å²) in [6.45, 7) is 17.7. The van der Waals surface area contributed by atoms with Crippen molar-refractivity contribution in [1.82, 2.24) is 15.3 Å². The summed E-state index contributed by atoms with van der Waals surface area (Å²) in [5, 5.41) is 51.1. The van der Waals surface area contributed by atoms with Crippen LogP contribution in [0.25, 0.3) is 0 Å². The van der Waals surface area contributed by atoms with Gasteiger partial charge in [0.1, 0.15) is 34.4 Å². The Labute approximate surface area is 394 Å². The number of amides is 1. The SMILES string of the molecule is C[C@@H]1[C@H](N)C[C@H]2C(C)(C)CCC[C@]2(C)[C@H]1C(=O)c1cc(O)cc(O)c1.C[C@@H]1[C@H](NC(=O)c2ccccn2)C[C@H]2C(C)(C)CCC[C@]2(C)[C@H]1C(=O)c1cc(O)cc(O)c1.O=C(O)c1ccccn1. The third kappa shape index (κ3) is 10.7. The number of carbonyl (C=O) groups excluding carboxylic acids is 3. The van der Waals surface area contributed by atoms with Gasteiger partial charge in [-0.25, -0.2) is 9.78 Å². The number of aromatic hydroxyl groups is 4. The van der Waals surface area contributed by atoms with Crippen molar-refractivity contribution in [1.29, 1.82) is 0 Å². The standard InChI is InChI=1S/C27H34N2O4.C21H31NO3.C6H5NO2/c1-16-21(29-25(33)20-8-5-6-11-28-20)15-22-26(2,3)9-7-10-27(22,4)23(16)24(32)17-12-18(30)14-19(31)13-17;1-12-16(22)11-17-20(2,3)6-5-7-21(17,4)18(12)19(25)13-8-14(23)10-15(24)9-13;8-6(9)5-3-1-2-4-7-5/h5-6,8,11-14,16,21-23,30-31H,7,9-10,15H2,1-4H3,(H,29,33);8-10,12,16-18,23-24H,5-7,11,22H2,1-4H3;1-4H,(H,8,9)/t16-,21-,22+,23-,27+;12-,16-,17+,18-,21+;/m11./s1. The highest BCUT2D eigenvalue weighted by atomic mass is 16.4. The zero-order valence-electron chi connectivity index (χ0n) is 40.2. The van der Waals surface area contributed by atoms with Gasteiger partial charge in [0, 0.05) is 59.6 Å². The van der Waals surface area contributed by atoms with E-state index < -0.39 is 5.97 Å². The zero-order chi connectivity index (χ0) is 49.2. The number of Topliss-reactive ketones (excluding diaryl/α,β-unsaturated/α-hetero) is 2. The van der Waals surface area contributed by atoms with E-state index in [1.54, 1.807) is 36.5 Å². The molecule has 13 nitrogen and oxygen atoms in total. The minimum atomic E-state index is -0.990.